The minimum atomic E-state index is -1.75. The molecule has 0 aliphatic heterocycles. The van der Waals surface area contributed by atoms with E-state index in [1.807, 2.05) is 5.32 Å². The zero-order valence-corrected chi connectivity index (χ0v) is 14.2. The molecule has 1 heterocycles. The zero-order valence-electron chi connectivity index (χ0n) is 14.2. The van der Waals surface area contributed by atoms with Gasteiger partial charge < -0.3 is 25.5 Å². The lowest BCUT2D eigenvalue weighted by atomic mass is 10.2. The molecule has 2 amide bonds. The molecule has 1 aromatic heterocycles. The van der Waals surface area contributed by atoms with Gasteiger partial charge in [-0.15, -0.1) is 0 Å². The first-order chi connectivity index (χ1) is 13.2. The van der Waals surface area contributed by atoms with Gasteiger partial charge in [-0.2, -0.15) is 0 Å². The van der Waals surface area contributed by atoms with Gasteiger partial charge in [-0.1, -0.05) is 0 Å². The van der Waals surface area contributed by atoms with Crippen LogP contribution in [0.3, 0.4) is 0 Å². The molecule has 0 unspecified atom stereocenters. The summed E-state index contributed by atoms with van der Waals surface area (Å²) in [7, 11) is 0. The molecule has 0 aliphatic carbocycles. The molecule has 0 aliphatic rings. The van der Waals surface area contributed by atoms with Gasteiger partial charge in [-0.05, 0) is 41.1 Å². The number of pyridine rings is 1. The van der Waals surface area contributed by atoms with Gasteiger partial charge in [0.2, 0.25) is 11.7 Å². The standard InChI is InChI=1S/C16H13F3N4O5/c1-8(28-11-3-2-6-20-15(11)23(26)27)16(25)21-7-12(24)22-10-5-4-9(17)13(18)14(10)19/h2-6,8H,7H2,1H3,(H,21,25)(H,22,24)/t8-/m0/s1. The van der Waals surface area contributed by atoms with E-state index in [2.05, 4.69) is 10.3 Å². The Morgan fingerprint density at radius 2 is 1.96 bits per heavy atom. The summed E-state index contributed by atoms with van der Waals surface area (Å²) < 4.78 is 44.6. The van der Waals surface area contributed by atoms with Gasteiger partial charge in [-0.25, -0.2) is 13.2 Å². The van der Waals surface area contributed by atoms with Crippen LogP contribution in [-0.2, 0) is 9.59 Å². The average Bonchev–Trinajstić information content (AvgIpc) is 2.66. The van der Waals surface area contributed by atoms with Crippen LogP contribution in [0.2, 0.25) is 0 Å². The highest BCUT2D eigenvalue weighted by atomic mass is 19.2. The largest absolute Gasteiger partial charge is 0.473 e. The Hall–Kier alpha value is -3.70. The zero-order chi connectivity index (χ0) is 20.8. The molecule has 2 aromatic rings. The summed E-state index contributed by atoms with van der Waals surface area (Å²) in [6, 6.07) is 4.06. The Labute approximate surface area is 155 Å². The van der Waals surface area contributed by atoms with Gasteiger partial charge in [0.25, 0.3) is 5.91 Å². The van der Waals surface area contributed by atoms with Crippen LogP contribution in [0.5, 0.6) is 5.75 Å². The number of ether oxygens (including phenoxy) is 1. The third-order valence-electron chi connectivity index (χ3n) is 3.33. The predicted octanol–water partition coefficient (Wildman–Crippen LogP) is 1.93. The second-order valence-corrected chi connectivity index (χ2v) is 5.33. The van der Waals surface area contributed by atoms with Gasteiger partial charge >= 0.3 is 5.82 Å². The van der Waals surface area contributed by atoms with Crippen molar-refractivity contribution in [2.75, 3.05) is 11.9 Å². The molecule has 1 aromatic carbocycles. The first-order valence-corrected chi connectivity index (χ1v) is 7.67. The van der Waals surface area contributed by atoms with E-state index in [-0.39, 0.29) is 5.75 Å². The Bertz CT molecular complexity index is 925. The second kappa shape index (κ2) is 8.79. The second-order valence-electron chi connectivity index (χ2n) is 5.33. The minimum absolute atomic E-state index is 0.247. The lowest BCUT2D eigenvalue weighted by Crippen LogP contribution is -2.40. The van der Waals surface area contributed by atoms with Crippen LogP contribution < -0.4 is 15.4 Å². The molecule has 12 heteroatoms. The van der Waals surface area contributed by atoms with E-state index >= 15 is 0 Å². The Kier molecular flexibility index (Phi) is 6.47. The van der Waals surface area contributed by atoms with Crippen LogP contribution in [-0.4, -0.2) is 34.4 Å². The maximum Gasteiger partial charge on any atom is 0.406 e. The van der Waals surface area contributed by atoms with Crippen molar-refractivity contribution in [3.8, 4) is 5.75 Å². The molecule has 0 fully saturated rings. The quantitative estimate of drug-likeness (QED) is 0.417. The Morgan fingerprint density at radius 1 is 1.25 bits per heavy atom. The number of benzene rings is 1. The van der Waals surface area contributed by atoms with E-state index < -0.39 is 58.3 Å². The number of hydrogen-bond donors (Lipinski definition) is 2. The summed E-state index contributed by atoms with van der Waals surface area (Å²) in [5.74, 6) is -7.31. The summed E-state index contributed by atoms with van der Waals surface area (Å²) in [5.41, 5.74) is -0.603. The highest BCUT2D eigenvalue weighted by Crippen LogP contribution is 2.24. The number of anilines is 1. The van der Waals surface area contributed by atoms with E-state index in [9.17, 15) is 32.9 Å². The van der Waals surface area contributed by atoms with Gasteiger partial charge in [0.1, 0.15) is 6.20 Å². The molecule has 0 bridgehead atoms. The van der Waals surface area contributed by atoms with Crippen molar-refractivity contribution in [1.29, 1.82) is 0 Å². The van der Waals surface area contributed by atoms with Crippen LogP contribution in [0.25, 0.3) is 0 Å². The van der Waals surface area contributed by atoms with E-state index in [1.165, 1.54) is 25.3 Å². The van der Waals surface area contributed by atoms with Crippen LogP contribution in [0.15, 0.2) is 30.5 Å². The van der Waals surface area contributed by atoms with E-state index in [0.29, 0.717) is 6.07 Å². The molecule has 0 saturated heterocycles. The summed E-state index contributed by atoms with van der Waals surface area (Å²) in [6.07, 6.45) is -0.0481. The topological polar surface area (TPSA) is 123 Å². The number of hydrogen-bond acceptors (Lipinski definition) is 6. The van der Waals surface area contributed by atoms with Crippen molar-refractivity contribution >= 4 is 23.3 Å². The first-order valence-electron chi connectivity index (χ1n) is 7.67. The van der Waals surface area contributed by atoms with Crippen LogP contribution in [0.1, 0.15) is 6.92 Å². The number of carbonyl (C=O) groups is 2. The molecule has 0 radical (unpaired) electrons. The first kappa shape index (κ1) is 20.6. The van der Waals surface area contributed by atoms with Crippen molar-refractivity contribution in [2.45, 2.75) is 13.0 Å². The van der Waals surface area contributed by atoms with Crippen LogP contribution in [0.4, 0.5) is 24.7 Å². The molecule has 28 heavy (non-hydrogen) atoms. The van der Waals surface area contributed by atoms with Crippen molar-refractivity contribution in [3.05, 3.63) is 58.0 Å². The summed E-state index contributed by atoms with van der Waals surface area (Å²) in [4.78, 5) is 37.3. The maximum absolute atomic E-state index is 13.5. The van der Waals surface area contributed by atoms with Crippen LogP contribution in [0, 0.1) is 27.6 Å². The van der Waals surface area contributed by atoms with Gasteiger partial charge in [0.05, 0.1) is 12.2 Å². The monoisotopic (exact) mass is 398 g/mol. The number of nitrogens with zero attached hydrogens (tertiary/aromatic N) is 2. The Balaban J connectivity index is 1.92. The fourth-order valence-corrected chi connectivity index (χ4v) is 1.98. The molecular weight excluding hydrogens is 385 g/mol. The molecule has 0 spiro atoms. The van der Waals surface area contributed by atoms with Crippen LogP contribution >= 0.6 is 0 Å². The molecule has 9 nitrogen and oxygen atoms in total. The SMILES string of the molecule is C[C@H](Oc1cccnc1[N+](=O)[O-])C(=O)NCC(=O)Nc1ccc(F)c(F)c1F. The number of nitrogens with one attached hydrogen (secondary N) is 2. The highest BCUT2D eigenvalue weighted by Gasteiger charge is 2.22. The van der Waals surface area contributed by atoms with E-state index in [0.717, 1.165) is 6.07 Å². The molecule has 2 N–H and O–H groups in total. The van der Waals surface area contributed by atoms with Gasteiger partial charge in [0, 0.05) is 0 Å². The Morgan fingerprint density at radius 3 is 2.64 bits per heavy atom. The van der Waals surface area contributed by atoms with Gasteiger partial charge in [0.15, 0.2) is 23.6 Å². The number of carbonyl (C=O) groups excluding carboxylic acids is 2. The molecular formula is C16H13F3N4O5. The predicted molar refractivity (Wildman–Crippen MR) is 88.9 cm³/mol. The third kappa shape index (κ3) is 4.93. The smallest absolute Gasteiger partial charge is 0.406 e. The number of rotatable bonds is 7. The fraction of sp³-hybridized carbons (Fsp3) is 0.188. The molecule has 0 saturated carbocycles. The minimum Gasteiger partial charge on any atom is -0.473 e. The van der Waals surface area contributed by atoms with Crippen molar-refractivity contribution < 1.29 is 32.4 Å². The summed E-state index contributed by atoms with van der Waals surface area (Å²) >= 11 is 0. The van der Waals surface area contributed by atoms with E-state index in [4.69, 9.17) is 4.74 Å². The summed E-state index contributed by atoms with van der Waals surface area (Å²) in [5, 5.41) is 15.0. The maximum atomic E-state index is 13.5. The number of nitro groups is 1. The lowest BCUT2D eigenvalue weighted by molar-refractivity contribution is -0.390. The van der Waals surface area contributed by atoms with Crippen molar-refractivity contribution in [2.24, 2.45) is 0 Å². The number of amides is 2. The molecule has 1 atom stereocenters. The fourth-order valence-electron chi connectivity index (χ4n) is 1.98. The molecule has 2 rings (SSSR count). The highest BCUT2D eigenvalue weighted by molar-refractivity contribution is 5.95. The van der Waals surface area contributed by atoms with Crippen molar-refractivity contribution in [1.82, 2.24) is 10.3 Å². The number of halogens is 3. The van der Waals surface area contributed by atoms with E-state index in [1.54, 1.807) is 0 Å². The third-order valence-corrected chi connectivity index (χ3v) is 3.33. The lowest BCUT2D eigenvalue weighted by Gasteiger charge is -2.14. The summed E-state index contributed by atoms with van der Waals surface area (Å²) in [6.45, 7) is 0.638. The number of aromatic nitrogens is 1. The average molecular weight is 398 g/mol. The molecule has 148 valence electrons. The normalized spacial score (nSPS) is 11.4. The van der Waals surface area contributed by atoms with Gasteiger partial charge in [-0.3, -0.25) is 9.59 Å². The van der Waals surface area contributed by atoms with Crippen molar-refractivity contribution in [3.63, 3.8) is 0 Å².